The van der Waals surface area contributed by atoms with Crippen molar-refractivity contribution in [2.24, 2.45) is 0 Å². The van der Waals surface area contributed by atoms with Crippen LogP contribution in [0, 0.1) is 5.82 Å². The molecular formula is C20H23ClFKN4O2. The summed E-state index contributed by atoms with van der Waals surface area (Å²) in [7, 11) is 0. The van der Waals surface area contributed by atoms with Crippen molar-refractivity contribution in [2.75, 3.05) is 13.2 Å². The number of amides is 1. The van der Waals surface area contributed by atoms with Gasteiger partial charge in [-0.1, -0.05) is 35.6 Å². The van der Waals surface area contributed by atoms with Gasteiger partial charge in [-0.15, -0.1) is 0 Å². The van der Waals surface area contributed by atoms with Crippen molar-refractivity contribution in [3.8, 4) is 0 Å². The summed E-state index contributed by atoms with van der Waals surface area (Å²) in [5, 5.41) is 12.8. The van der Waals surface area contributed by atoms with Crippen molar-refractivity contribution in [1.29, 1.82) is 0 Å². The molecule has 0 aliphatic heterocycles. The van der Waals surface area contributed by atoms with E-state index in [1.165, 1.54) is 12.1 Å². The first-order valence-electron chi connectivity index (χ1n) is 8.96. The van der Waals surface area contributed by atoms with Crippen LogP contribution >= 0.6 is 11.6 Å². The third-order valence-electron chi connectivity index (χ3n) is 3.90. The Bertz CT molecular complexity index is 890. The number of pyridine rings is 1. The van der Waals surface area contributed by atoms with Gasteiger partial charge in [0, 0.05) is 25.8 Å². The summed E-state index contributed by atoms with van der Waals surface area (Å²) in [5.41, 5.74) is 8.92. The van der Waals surface area contributed by atoms with Crippen LogP contribution in [-0.4, -0.2) is 34.1 Å². The molecule has 2 heterocycles. The molecular weight excluding hydrogens is 422 g/mol. The molecule has 0 saturated carbocycles. The molecule has 0 spiro atoms. The molecule has 0 atom stereocenters. The maximum atomic E-state index is 12.6. The van der Waals surface area contributed by atoms with Gasteiger partial charge in [-0.05, 0) is 48.4 Å². The van der Waals surface area contributed by atoms with Crippen LogP contribution in [0.25, 0.3) is 16.8 Å². The molecule has 0 saturated heterocycles. The van der Waals surface area contributed by atoms with E-state index in [1.54, 1.807) is 30.5 Å². The second kappa shape index (κ2) is 14.1. The van der Waals surface area contributed by atoms with Crippen LogP contribution in [0.5, 0.6) is 0 Å². The van der Waals surface area contributed by atoms with Crippen LogP contribution in [0.2, 0.25) is 5.02 Å². The van der Waals surface area contributed by atoms with E-state index in [0.717, 1.165) is 17.4 Å². The number of hydrogen-bond acceptors (Lipinski definition) is 3. The largest absolute Gasteiger partial charge is 1.00 e. The number of unbranched alkanes of at least 4 members (excludes halogenated alkanes) is 1. The summed E-state index contributed by atoms with van der Waals surface area (Å²) in [5.74, 6) is 0.0873. The van der Waals surface area contributed by atoms with Crippen LogP contribution in [0.15, 0.2) is 42.6 Å². The predicted octanol–water partition coefficient (Wildman–Crippen LogP) is 1.55. The van der Waals surface area contributed by atoms with Crippen LogP contribution < -0.4 is 56.7 Å². The number of halogens is 2. The number of carbonyl (C=O) groups is 1. The average Bonchev–Trinajstić information content (AvgIpc) is 3.04. The number of rotatable bonds is 7. The van der Waals surface area contributed by atoms with E-state index >= 15 is 0 Å². The number of aromatic amines is 1. The van der Waals surface area contributed by atoms with Gasteiger partial charge in [0.25, 0.3) is 0 Å². The third-order valence-corrected chi connectivity index (χ3v) is 4.10. The molecule has 1 amide bonds. The van der Waals surface area contributed by atoms with E-state index in [4.69, 9.17) is 22.4 Å². The van der Waals surface area contributed by atoms with Gasteiger partial charge in [-0.3, -0.25) is 9.78 Å². The molecule has 0 unspecified atom stereocenters. The summed E-state index contributed by atoms with van der Waals surface area (Å²) >= 11 is 5.69. The Balaban J connectivity index is 0.000000302. The number of benzene rings is 1. The molecule has 4 N–H and O–H groups in total. The Labute approximate surface area is 216 Å². The number of hydrogen-bond donors (Lipinski definition) is 3. The molecule has 0 bridgehead atoms. The molecule has 2 aromatic heterocycles. The molecule has 0 aliphatic carbocycles. The zero-order chi connectivity index (χ0) is 20.4. The summed E-state index contributed by atoms with van der Waals surface area (Å²) in [6.07, 6.45) is 4.08. The first kappa shape index (κ1) is 26.0. The second-order valence-corrected chi connectivity index (χ2v) is 6.62. The summed E-state index contributed by atoms with van der Waals surface area (Å²) in [6.45, 7) is 0.758. The smallest absolute Gasteiger partial charge is 0.482 e. The number of aliphatic hydroxyl groups is 1. The summed E-state index contributed by atoms with van der Waals surface area (Å²) < 4.78 is 12.6. The fraction of sp³-hybridized carbons (Fsp3) is 0.300. The number of nitrogens with zero attached hydrogens (tertiary/aromatic N) is 1. The predicted molar refractivity (Wildman–Crippen MR) is 109 cm³/mol. The Kier molecular flexibility index (Phi) is 12.6. The number of aryl methyl sites for hydroxylation is 1. The topological polar surface area (TPSA) is 102 Å². The van der Waals surface area contributed by atoms with E-state index in [2.05, 4.69) is 15.3 Å². The van der Waals surface area contributed by atoms with Gasteiger partial charge >= 0.3 is 51.4 Å². The third kappa shape index (κ3) is 10.0. The Morgan fingerprint density at radius 2 is 1.97 bits per heavy atom. The number of fused-ring (bicyclic) bond motifs is 1. The first-order valence-corrected chi connectivity index (χ1v) is 9.33. The minimum atomic E-state index is -0.262. The zero-order valence-corrected chi connectivity index (χ0v) is 20.2. The van der Waals surface area contributed by atoms with Crippen molar-refractivity contribution < 1.29 is 65.7 Å². The Hall–Kier alpha value is -1.00. The van der Waals surface area contributed by atoms with E-state index in [-0.39, 0.29) is 69.7 Å². The quantitative estimate of drug-likeness (QED) is 0.380. The first-order chi connectivity index (χ1) is 13.5. The Morgan fingerprint density at radius 3 is 2.66 bits per heavy atom. The molecule has 1 aromatic carbocycles. The monoisotopic (exact) mass is 444 g/mol. The zero-order valence-electron chi connectivity index (χ0n) is 16.3. The van der Waals surface area contributed by atoms with Crippen LogP contribution in [0.3, 0.4) is 0 Å². The number of H-pyrrole nitrogens is 1. The Morgan fingerprint density at radius 1 is 1.24 bits per heavy atom. The SMILES string of the molecule is O=C(CCc1ccc(F)cc1)NCCCCO.[K+].[NH-]c1cc2cc(Cl)cnc2[nH]1. The van der Waals surface area contributed by atoms with Crippen molar-refractivity contribution in [2.45, 2.75) is 25.7 Å². The van der Waals surface area contributed by atoms with Gasteiger partial charge in [0.15, 0.2) is 0 Å². The van der Waals surface area contributed by atoms with Gasteiger partial charge < -0.3 is 21.1 Å². The molecule has 150 valence electrons. The molecule has 0 aliphatic rings. The molecule has 29 heavy (non-hydrogen) atoms. The van der Waals surface area contributed by atoms with Crippen LogP contribution in [0.4, 0.5) is 10.2 Å². The van der Waals surface area contributed by atoms with E-state index in [1.807, 2.05) is 0 Å². The maximum Gasteiger partial charge on any atom is 1.00 e. The molecule has 0 fully saturated rings. The minimum Gasteiger partial charge on any atom is -0.482 e. The molecule has 9 heteroatoms. The molecule has 3 rings (SSSR count). The van der Waals surface area contributed by atoms with Gasteiger partial charge in [0.2, 0.25) is 5.91 Å². The van der Waals surface area contributed by atoms with E-state index < -0.39 is 0 Å². The number of carbonyl (C=O) groups excluding carboxylic acids is 1. The van der Waals surface area contributed by atoms with Gasteiger partial charge in [0.1, 0.15) is 5.82 Å². The fourth-order valence-corrected chi connectivity index (χ4v) is 2.62. The fourth-order valence-electron chi connectivity index (χ4n) is 2.45. The van der Waals surface area contributed by atoms with Crippen LogP contribution in [-0.2, 0) is 11.2 Å². The standard InChI is InChI=1S/C13H18FNO2.C7H5ClN3.K/c14-12-6-3-11(4-7-12)5-8-13(17)15-9-1-2-10-16;8-5-1-4-2-6(9)11-7(4)10-3-5;/h3-4,6-7,16H,1-2,5,8-10H2,(H,15,17);1-3,9H,(H,10,11);/q;-1;+1. The van der Waals surface area contributed by atoms with Crippen LogP contribution in [0.1, 0.15) is 24.8 Å². The number of nitrogens with one attached hydrogen (secondary N) is 3. The second-order valence-electron chi connectivity index (χ2n) is 6.18. The van der Waals surface area contributed by atoms with Crippen molar-refractivity contribution >= 4 is 34.4 Å². The van der Waals surface area contributed by atoms with Gasteiger partial charge in [-0.25, -0.2) is 4.39 Å². The molecule has 6 nitrogen and oxygen atoms in total. The van der Waals surface area contributed by atoms with Crippen molar-refractivity contribution in [3.63, 3.8) is 0 Å². The van der Waals surface area contributed by atoms with Gasteiger partial charge in [0.05, 0.1) is 10.7 Å². The number of aromatic nitrogens is 2. The summed E-state index contributed by atoms with van der Waals surface area (Å²) in [6, 6.07) is 9.64. The van der Waals surface area contributed by atoms with Crippen molar-refractivity contribution in [1.82, 2.24) is 15.3 Å². The van der Waals surface area contributed by atoms with E-state index in [0.29, 0.717) is 42.3 Å². The maximum absolute atomic E-state index is 12.6. The van der Waals surface area contributed by atoms with Crippen molar-refractivity contribution in [3.05, 3.63) is 64.7 Å². The molecule has 3 aromatic rings. The van der Waals surface area contributed by atoms with Gasteiger partial charge in [-0.2, -0.15) is 0 Å². The normalized spacial score (nSPS) is 10.0. The minimum absolute atomic E-state index is 0. The average molecular weight is 445 g/mol. The number of aliphatic hydroxyl groups excluding tert-OH is 1. The van der Waals surface area contributed by atoms with E-state index in [9.17, 15) is 9.18 Å². The summed E-state index contributed by atoms with van der Waals surface area (Å²) in [4.78, 5) is 18.2. The molecule has 0 radical (unpaired) electrons.